The highest BCUT2D eigenvalue weighted by molar-refractivity contribution is 9.10. The molecule has 0 unspecified atom stereocenters. The Bertz CT molecular complexity index is 629. The molecule has 20 heavy (non-hydrogen) atoms. The fourth-order valence-electron chi connectivity index (χ4n) is 2.02. The molecule has 0 aliphatic rings. The van der Waals surface area contributed by atoms with E-state index in [-0.39, 0.29) is 5.41 Å². The second kappa shape index (κ2) is 5.57. The first-order valence-electron chi connectivity index (χ1n) is 6.69. The van der Waals surface area contributed by atoms with Crippen LogP contribution >= 0.6 is 15.9 Å². The predicted molar refractivity (Wildman–Crippen MR) is 86.6 cm³/mol. The molecular formula is C17H20BrNO. The molecule has 1 aromatic heterocycles. The van der Waals surface area contributed by atoms with Crippen molar-refractivity contribution in [2.24, 2.45) is 0 Å². The number of nitrogens with zero attached hydrogens (tertiary/aromatic N) is 1. The fourth-order valence-corrected chi connectivity index (χ4v) is 2.34. The highest BCUT2D eigenvalue weighted by Gasteiger charge is 2.20. The number of pyridine rings is 1. The first-order valence-corrected chi connectivity index (χ1v) is 7.48. The van der Waals surface area contributed by atoms with Gasteiger partial charge in [-0.2, -0.15) is 0 Å². The maximum atomic E-state index is 6.07. The van der Waals surface area contributed by atoms with Crippen LogP contribution in [-0.4, -0.2) is 4.98 Å². The van der Waals surface area contributed by atoms with E-state index in [0.717, 1.165) is 15.8 Å². The minimum absolute atomic E-state index is 0.0271. The molecule has 2 nitrogen and oxygen atoms in total. The van der Waals surface area contributed by atoms with Crippen LogP contribution in [0.5, 0.6) is 11.6 Å². The summed E-state index contributed by atoms with van der Waals surface area (Å²) in [5.74, 6) is 1.48. The maximum absolute atomic E-state index is 6.07. The minimum Gasteiger partial charge on any atom is -0.438 e. The van der Waals surface area contributed by atoms with E-state index in [2.05, 4.69) is 66.8 Å². The third kappa shape index (κ3) is 3.21. The number of benzene rings is 1. The molecule has 1 aromatic carbocycles. The molecule has 0 N–H and O–H groups in total. The molecule has 0 radical (unpaired) electrons. The van der Waals surface area contributed by atoms with Crippen LogP contribution in [0.2, 0.25) is 0 Å². The van der Waals surface area contributed by atoms with E-state index in [1.54, 1.807) is 6.20 Å². The van der Waals surface area contributed by atoms with Gasteiger partial charge in [0.1, 0.15) is 5.75 Å². The zero-order chi connectivity index (χ0) is 14.9. The summed E-state index contributed by atoms with van der Waals surface area (Å²) < 4.78 is 6.97. The van der Waals surface area contributed by atoms with E-state index in [0.29, 0.717) is 5.88 Å². The Morgan fingerprint density at radius 2 is 1.80 bits per heavy atom. The minimum atomic E-state index is 0.0271. The number of hydrogen-bond acceptors (Lipinski definition) is 2. The quantitative estimate of drug-likeness (QED) is 0.718. The van der Waals surface area contributed by atoms with Gasteiger partial charge in [0.2, 0.25) is 5.88 Å². The third-order valence-corrected chi connectivity index (χ3v) is 4.17. The summed E-state index contributed by atoms with van der Waals surface area (Å²) in [5.41, 5.74) is 3.49. The van der Waals surface area contributed by atoms with Gasteiger partial charge >= 0.3 is 0 Å². The largest absolute Gasteiger partial charge is 0.438 e. The van der Waals surface area contributed by atoms with Crippen molar-refractivity contribution in [3.8, 4) is 11.6 Å². The van der Waals surface area contributed by atoms with E-state index in [4.69, 9.17) is 4.74 Å². The van der Waals surface area contributed by atoms with Gasteiger partial charge in [-0.25, -0.2) is 4.98 Å². The zero-order valence-corrected chi connectivity index (χ0v) is 14.2. The van der Waals surface area contributed by atoms with Gasteiger partial charge in [-0.15, -0.1) is 0 Å². The van der Waals surface area contributed by atoms with Crippen LogP contribution in [0.1, 0.15) is 37.5 Å². The molecule has 0 aliphatic heterocycles. The van der Waals surface area contributed by atoms with Gasteiger partial charge in [-0.1, -0.05) is 32.9 Å². The second-order valence-electron chi connectivity index (χ2n) is 6.10. The van der Waals surface area contributed by atoms with Crippen LogP contribution in [0.15, 0.2) is 34.9 Å². The van der Waals surface area contributed by atoms with Crippen LogP contribution in [0.25, 0.3) is 0 Å². The summed E-state index contributed by atoms with van der Waals surface area (Å²) in [6.45, 7) is 10.6. The van der Waals surface area contributed by atoms with Crippen molar-refractivity contribution in [3.63, 3.8) is 0 Å². The molecular weight excluding hydrogens is 314 g/mol. The second-order valence-corrected chi connectivity index (χ2v) is 6.89. The Labute approximate surface area is 129 Å². The zero-order valence-electron chi connectivity index (χ0n) is 12.6. The van der Waals surface area contributed by atoms with Gasteiger partial charge in [-0.3, -0.25) is 0 Å². The van der Waals surface area contributed by atoms with E-state index in [9.17, 15) is 0 Å². The predicted octanol–water partition coefficient (Wildman–Crippen LogP) is 5.55. The van der Waals surface area contributed by atoms with Gasteiger partial charge in [0.15, 0.2) is 0 Å². The molecule has 106 valence electrons. The number of ether oxygens (including phenoxy) is 1. The monoisotopic (exact) mass is 333 g/mol. The summed E-state index contributed by atoms with van der Waals surface area (Å²) in [4.78, 5) is 4.32. The number of hydrogen-bond donors (Lipinski definition) is 0. The van der Waals surface area contributed by atoms with Crippen molar-refractivity contribution >= 4 is 15.9 Å². The fraction of sp³-hybridized carbons (Fsp3) is 0.353. The van der Waals surface area contributed by atoms with Crippen LogP contribution in [0.3, 0.4) is 0 Å². The van der Waals surface area contributed by atoms with Gasteiger partial charge < -0.3 is 4.74 Å². The summed E-state index contributed by atoms with van der Waals surface area (Å²) in [6.07, 6.45) is 1.77. The van der Waals surface area contributed by atoms with Crippen LogP contribution < -0.4 is 4.74 Å². The molecule has 2 aromatic rings. The lowest BCUT2D eigenvalue weighted by molar-refractivity contribution is 0.436. The molecule has 0 amide bonds. The maximum Gasteiger partial charge on any atom is 0.233 e. The van der Waals surface area contributed by atoms with Crippen molar-refractivity contribution in [2.75, 3.05) is 0 Å². The highest BCUT2D eigenvalue weighted by Crippen LogP contribution is 2.36. The van der Waals surface area contributed by atoms with Gasteiger partial charge in [0.25, 0.3) is 0 Å². The van der Waals surface area contributed by atoms with E-state index in [1.165, 1.54) is 11.1 Å². The Hall–Kier alpha value is -1.35. The van der Waals surface area contributed by atoms with Crippen molar-refractivity contribution in [1.29, 1.82) is 0 Å². The molecule has 0 saturated carbocycles. The molecule has 2 rings (SSSR count). The van der Waals surface area contributed by atoms with E-state index < -0.39 is 0 Å². The SMILES string of the molecule is Cc1ccc(C(C)(C)C)c(Oc2nccc(C)c2Br)c1. The molecule has 0 spiro atoms. The molecule has 0 bridgehead atoms. The van der Waals surface area contributed by atoms with Crippen molar-refractivity contribution in [3.05, 3.63) is 51.6 Å². The van der Waals surface area contributed by atoms with Crippen LogP contribution in [0.4, 0.5) is 0 Å². The van der Waals surface area contributed by atoms with Crippen molar-refractivity contribution in [2.45, 2.75) is 40.0 Å². The van der Waals surface area contributed by atoms with E-state index >= 15 is 0 Å². The summed E-state index contributed by atoms with van der Waals surface area (Å²) >= 11 is 3.54. The molecule has 0 saturated heterocycles. The average molecular weight is 334 g/mol. The van der Waals surface area contributed by atoms with Gasteiger partial charge in [0.05, 0.1) is 4.47 Å². The third-order valence-electron chi connectivity index (χ3n) is 3.20. The van der Waals surface area contributed by atoms with Crippen LogP contribution in [0, 0.1) is 13.8 Å². The van der Waals surface area contributed by atoms with Gasteiger partial charge in [-0.05, 0) is 58.5 Å². The number of halogens is 1. The smallest absolute Gasteiger partial charge is 0.233 e. The standard InChI is InChI=1S/C17H20BrNO/c1-11-6-7-13(17(3,4)5)14(10-11)20-16-15(18)12(2)8-9-19-16/h6-10H,1-5H3. The Kier molecular flexibility index (Phi) is 4.19. The first-order chi connectivity index (χ1) is 9.29. The molecule has 0 fully saturated rings. The normalized spacial score (nSPS) is 11.5. The number of aryl methyl sites for hydroxylation is 2. The van der Waals surface area contributed by atoms with Gasteiger partial charge in [0, 0.05) is 11.8 Å². The van der Waals surface area contributed by atoms with Crippen molar-refractivity contribution < 1.29 is 4.74 Å². The topological polar surface area (TPSA) is 22.1 Å². The lowest BCUT2D eigenvalue weighted by Gasteiger charge is -2.23. The Balaban J connectivity index is 2.48. The average Bonchev–Trinajstić information content (AvgIpc) is 2.33. The Morgan fingerprint density at radius 3 is 2.45 bits per heavy atom. The highest BCUT2D eigenvalue weighted by atomic mass is 79.9. The summed E-state index contributed by atoms with van der Waals surface area (Å²) in [5, 5.41) is 0. The molecule has 3 heteroatoms. The molecule has 0 aliphatic carbocycles. The molecule has 0 atom stereocenters. The lowest BCUT2D eigenvalue weighted by Crippen LogP contribution is -2.12. The number of rotatable bonds is 2. The summed E-state index contributed by atoms with van der Waals surface area (Å²) in [7, 11) is 0. The Morgan fingerprint density at radius 1 is 1.10 bits per heavy atom. The number of aromatic nitrogens is 1. The molecule has 1 heterocycles. The van der Waals surface area contributed by atoms with E-state index in [1.807, 2.05) is 13.0 Å². The summed E-state index contributed by atoms with van der Waals surface area (Å²) in [6, 6.07) is 8.27. The first kappa shape index (κ1) is 15.0. The van der Waals surface area contributed by atoms with Crippen LogP contribution in [-0.2, 0) is 5.41 Å². The van der Waals surface area contributed by atoms with Crippen molar-refractivity contribution in [1.82, 2.24) is 4.98 Å². The lowest BCUT2D eigenvalue weighted by atomic mass is 9.86.